The van der Waals surface area contributed by atoms with Crippen molar-refractivity contribution in [2.75, 3.05) is 12.4 Å². The second-order valence-corrected chi connectivity index (χ2v) is 7.78. The van der Waals surface area contributed by atoms with E-state index in [2.05, 4.69) is 10.4 Å². The molecule has 0 fully saturated rings. The van der Waals surface area contributed by atoms with Crippen molar-refractivity contribution >= 4 is 17.4 Å². The fraction of sp³-hybridized carbons (Fsp3) is 0.261. The van der Waals surface area contributed by atoms with Crippen molar-refractivity contribution < 1.29 is 31.9 Å². The second kappa shape index (κ2) is 8.34. The van der Waals surface area contributed by atoms with Gasteiger partial charge in [-0.05, 0) is 49.2 Å². The molecular weight excluding hydrogens is 442 g/mol. The van der Waals surface area contributed by atoms with E-state index in [4.69, 9.17) is 4.74 Å². The Hall–Kier alpha value is -3.69. The molecule has 0 bridgehead atoms. The molecule has 1 aliphatic heterocycles. The van der Waals surface area contributed by atoms with Gasteiger partial charge in [0.2, 0.25) is 0 Å². The molecule has 172 valence electrons. The number of nitrogens with zero attached hydrogens (tertiary/aromatic N) is 2. The minimum atomic E-state index is -4.47. The third-order valence-corrected chi connectivity index (χ3v) is 5.64. The van der Waals surface area contributed by atoms with Crippen LogP contribution in [-0.2, 0) is 6.18 Å². The summed E-state index contributed by atoms with van der Waals surface area (Å²) in [6, 6.07) is 7.94. The number of Topliss-reactive ketones (excluding diaryl/α,β-unsaturated/α-hetero) is 1. The maximum Gasteiger partial charge on any atom is 0.416 e. The molecule has 0 spiro atoms. The molecule has 0 aliphatic carbocycles. The van der Waals surface area contributed by atoms with Crippen molar-refractivity contribution in [2.45, 2.75) is 31.5 Å². The molecule has 1 aliphatic rings. The minimum absolute atomic E-state index is 0.0159. The first-order valence-electron chi connectivity index (χ1n) is 10.0. The number of ketones is 1. The number of hydrogen-bond donors (Lipinski definition) is 1. The molecule has 1 aromatic heterocycles. The molecule has 0 radical (unpaired) electrons. The van der Waals surface area contributed by atoms with E-state index in [1.165, 1.54) is 42.3 Å². The fourth-order valence-electron chi connectivity index (χ4n) is 3.94. The maximum atomic E-state index is 14.0. The summed E-state index contributed by atoms with van der Waals surface area (Å²) in [5, 5.41) is 6.78. The number of methoxy groups -OCH3 is 1. The second-order valence-electron chi connectivity index (χ2n) is 7.78. The van der Waals surface area contributed by atoms with Gasteiger partial charge in [0.1, 0.15) is 5.69 Å². The highest BCUT2D eigenvalue weighted by Gasteiger charge is 2.37. The number of halogens is 4. The number of anilines is 1. The van der Waals surface area contributed by atoms with E-state index in [1.54, 1.807) is 0 Å². The number of carbonyl (C=O) groups is 2. The van der Waals surface area contributed by atoms with Gasteiger partial charge in [-0.2, -0.15) is 18.3 Å². The Morgan fingerprint density at radius 1 is 1.18 bits per heavy atom. The van der Waals surface area contributed by atoms with Crippen LogP contribution in [0.3, 0.4) is 0 Å². The summed E-state index contributed by atoms with van der Waals surface area (Å²) in [7, 11) is 1.30. The zero-order valence-electron chi connectivity index (χ0n) is 17.6. The van der Waals surface area contributed by atoms with Gasteiger partial charge in [-0.3, -0.25) is 14.3 Å². The molecular formula is C23H19F4N3O3. The Balaban J connectivity index is 1.61. The van der Waals surface area contributed by atoms with Crippen LogP contribution in [0.5, 0.6) is 5.75 Å². The SMILES string of the molecule is COc1ccc(C(=O)Nc2cnn3c2C(=O)C(c2ccc(C(F)(F)F)cc2)C[C@@H]3C)cc1F. The number of benzene rings is 2. The molecule has 0 saturated heterocycles. The third-order valence-electron chi connectivity index (χ3n) is 5.64. The number of alkyl halides is 3. The summed E-state index contributed by atoms with van der Waals surface area (Å²) in [6.45, 7) is 1.82. The number of ether oxygens (including phenoxy) is 1. The Kier molecular flexibility index (Phi) is 5.69. The first kappa shape index (κ1) is 22.5. The van der Waals surface area contributed by atoms with Crippen molar-refractivity contribution in [3.05, 3.63) is 76.9 Å². The lowest BCUT2D eigenvalue weighted by molar-refractivity contribution is -0.137. The maximum absolute atomic E-state index is 14.0. The molecule has 10 heteroatoms. The summed E-state index contributed by atoms with van der Waals surface area (Å²) >= 11 is 0. The van der Waals surface area contributed by atoms with Crippen molar-refractivity contribution in [3.8, 4) is 5.75 Å². The predicted octanol–water partition coefficient (Wildman–Crippen LogP) is 5.23. The highest BCUT2D eigenvalue weighted by Crippen LogP contribution is 2.39. The van der Waals surface area contributed by atoms with Crippen LogP contribution in [-0.4, -0.2) is 28.6 Å². The lowest BCUT2D eigenvalue weighted by atomic mass is 9.84. The predicted molar refractivity (Wildman–Crippen MR) is 111 cm³/mol. The molecule has 1 amide bonds. The largest absolute Gasteiger partial charge is 0.494 e. The molecule has 3 aromatic rings. The Morgan fingerprint density at radius 2 is 1.88 bits per heavy atom. The van der Waals surface area contributed by atoms with Crippen molar-refractivity contribution in [2.24, 2.45) is 0 Å². The van der Waals surface area contributed by atoms with E-state index in [9.17, 15) is 27.2 Å². The van der Waals surface area contributed by atoms with Gasteiger partial charge in [-0.25, -0.2) is 4.39 Å². The summed E-state index contributed by atoms with van der Waals surface area (Å²) in [5.41, 5.74) is -0.0522. The summed E-state index contributed by atoms with van der Waals surface area (Å²) in [5.74, 6) is -2.45. The number of aromatic nitrogens is 2. The van der Waals surface area contributed by atoms with Gasteiger partial charge < -0.3 is 10.1 Å². The van der Waals surface area contributed by atoms with Crippen LogP contribution >= 0.6 is 0 Å². The lowest BCUT2D eigenvalue weighted by Crippen LogP contribution is -2.29. The summed E-state index contributed by atoms with van der Waals surface area (Å²) < 4.78 is 59.0. The number of rotatable bonds is 4. The van der Waals surface area contributed by atoms with Gasteiger partial charge in [0.25, 0.3) is 5.91 Å². The van der Waals surface area contributed by atoms with E-state index >= 15 is 0 Å². The number of fused-ring (bicyclic) bond motifs is 1. The lowest BCUT2D eigenvalue weighted by Gasteiger charge is -2.28. The molecule has 2 atom stereocenters. The van der Waals surface area contributed by atoms with Gasteiger partial charge in [-0.1, -0.05) is 12.1 Å². The van der Waals surface area contributed by atoms with E-state index in [1.807, 2.05) is 6.92 Å². The number of amides is 1. The highest BCUT2D eigenvalue weighted by molar-refractivity contribution is 6.10. The summed E-state index contributed by atoms with van der Waals surface area (Å²) in [4.78, 5) is 25.9. The zero-order chi connectivity index (χ0) is 23.9. The average molecular weight is 461 g/mol. The van der Waals surface area contributed by atoms with Crippen LogP contribution in [0.25, 0.3) is 0 Å². The van der Waals surface area contributed by atoms with Gasteiger partial charge >= 0.3 is 6.18 Å². The smallest absolute Gasteiger partial charge is 0.416 e. The number of hydrogen-bond acceptors (Lipinski definition) is 4. The standard InChI is InChI=1S/C23H19F4N3O3/c1-12-9-16(13-3-6-15(7-4-13)23(25,26)27)21(31)20-18(11-28-30(12)20)29-22(32)14-5-8-19(33-2)17(24)10-14/h3-8,10-12,16H,9H2,1-2H3,(H,29,32)/t12-,16?/m0/s1. The topological polar surface area (TPSA) is 73.2 Å². The Bertz CT molecular complexity index is 1220. The molecule has 2 aromatic carbocycles. The van der Waals surface area contributed by atoms with E-state index in [-0.39, 0.29) is 34.5 Å². The van der Waals surface area contributed by atoms with Crippen LogP contribution in [0, 0.1) is 5.82 Å². The zero-order valence-corrected chi connectivity index (χ0v) is 17.6. The summed E-state index contributed by atoms with van der Waals surface area (Å²) in [6.07, 6.45) is -2.80. The first-order chi connectivity index (χ1) is 15.6. The monoisotopic (exact) mass is 461 g/mol. The average Bonchev–Trinajstić information content (AvgIpc) is 3.20. The van der Waals surface area contributed by atoms with Crippen molar-refractivity contribution in [1.82, 2.24) is 9.78 Å². The minimum Gasteiger partial charge on any atom is -0.494 e. The van der Waals surface area contributed by atoms with Crippen LogP contribution in [0.1, 0.15) is 57.3 Å². The normalized spacial score (nSPS) is 18.1. The fourth-order valence-corrected chi connectivity index (χ4v) is 3.94. The van der Waals surface area contributed by atoms with Crippen molar-refractivity contribution in [1.29, 1.82) is 0 Å². The van der Waals surface area contributed by atoms with Crippen molar-refractivity contribution in [3.63, 3.8) is 0 Å². The molecule has 4 rings (SSSR count). The Morgan fingerprint density at radius 3 is 2.48 bits per heavy atom. The highest BCUT2D eigenvalue weighted by atomic mass is 19.4. The van der Waals surface area contributed by atoms with Gasteiger partial charge in [0.15, 0.2) is 17.3 Å². The number of nitrogens with one attached hydrogen (secondary N) is 1. The molecule has 1 N–H and O–H groups in total. The molecule has 1 unspecified atom stereocenters. The van der Waals surface area contributed by atoms with E-state index < -0.39 is 29.4 Å². The molecule has 6 nitrogen and oxygen atoms in total. The molecule has 2 heterocycles. The first-order valence-corrected chi connectivity index (χ1v) is 10.0. The van der Waals surface area contributed by atoms with Crippen LogP contribution in [0.4, 0.5) is 23.2 Å². The van der Waals surface area contributed by atoms with E-state index in [0.29, 0.717) is 12.0 Å². The van der Waals surface area contributed by atoms with Gasteiger partial charge in [0, 0.05) is 5.56 Å². The molecule has 0 saturated carbocycles. The third kappa shape index (κ3) is 4.20. The Labute approximate surface area is 186 Å². The van der Waals surface area contributed by atoms with Crippen LogP contribution in [0.2, 0.25) is 0 Å². The molecule has 33 heavy (non-hydrogen) atoms. The number of carbonyl (C=O) groups excluding carboxylic acids is 2. The quantitative estimate of drug-likeness (QED) is 0.540. The van der Waals surface area contributed by atoms with Gasteiger partial charge in [-0.15, -0.1) is 0 Å². The van der Waals surface area contributed by atoms with Gasteiger partial charge in [0.05, 0.1) is 36.5 Å². The van der Waals surface area contributed by atoms with Crippen LogP contribution < -0.4 is 10.1 Å². The van der Waals surface area contributed by atoms with E-state index in [0.717, 1.165) is 18.2 Å². The van der Waals surface area contributed by atoms with Crippen LogP contribution in [0.15, 0.2) is 48.7 Å².